The van der Waals surface area contributed by atoms with Gasteiger partial charge >= 0.3 is 0 Å². The van der Waals surface area contributed by atoms with Gasteiger partial charge in [0.15, 0.2) is 0 Å². The van der Waals surface area contributed by atoms with Gasteiger partial charge in [0.25, 0.3) is 0 Å². The molecule has 0 amide bonds. The predicted octanol–water partition coefficient (Wildman–Crippen LogP) is 2.68. The molecule has 0 spiro atoms. The Morgan fingerprint density at radius 2 is 2.28 bits per heavy atom. The quantitative estimate of drug-likeness (QED) is 0.895. The van der Waals surface area contributed by atoms with Crippen LogP contribution in [0.4, 0.5) is 4.39 Å². The van der Waals surface area contributed by atoms with Gasteiger partial charge in [-0.3, -0.25) is 4.79 Å². The molecule has 18 heavy (non-hydrogen) atoms. The van der Waals surface area contributed by atoms with E-state index in [-0.39, 0.29) is 16.8 Å². The summed E-state index contributed by atoms with van der Waals surface area (Å²) >= 11 is 5.78. The molecule has 1 atom stereocenters. The molecule has 1 aromatic heterocycles. The fraction of sp³-hybridized carbons (Fsp3) is 0.308. The molecule has 1 aromatic carbocycles. The van der Waals surface area contributed by atoms with Gasteiger partial charge in [-0.05, 0) is 38.1 Å². The number of benzene rings is 1. The summed E-state index contributed by atoms with van der Waals surface area (Å²) in [4.78, 5) is 14.4. The van der Waals surface area contributed by atoms with Crippen LogP contribution in [-0.2, 0) is 11.2 Å². The van der Waals surface area contributed by atoms with Crippen LogP contribution < -0.4 is 5.32 Å². The Balaban J connectivity index is 2.40. The van der Waals surface area contributed by atoms with Crippen molar-refractivity contribution in [3.8, 4) is 0 Å². The molecule has 0 saturated carbocycles. The van der Waals surface area contributed by atoms with E-state index in [4.69, 9.17) is 11.6 Å². The van der Waals surface area contributed by atoms with Crippen LogP contribution in [0.25, 0.3) is 10.9 Å². The first kappa shape index (κ1) is 13.1. The normalized spacial score (nSPS) is 12.9. The van der Waals surface area contributed by atoms with Crippen LogP contribution in [0.2, 0.25) is 5.02 Å². The van der Waals surface area contributed by atoms with Gasteiger partial charge in [-0.25, -0.2) is 4.39 Å². The second kappa shape index (κ2) is 5.08. The lowest BCUT2D eigenvalue weighted by molar-refractivity contribution is -0.118. The summed E-state index contributed by atoms with van der Waals surface area (Å²) < 4.78 is 13.3. The number of carbonyl (C=O) groups excluding carboxylic acids is 1. The molecule has 0 aliphatic carbocycles. The van der Waals surface area contributed by atoms with Crippen LogP contribution in [-0.4, -0.2) is 23.9 Å². The number of hydrogen-bond acceptors (Lipinski definition) is 2. The number of Topliss-reactive ketones (excluding diaryl/α,β-unsaturated/α-hetero) is 1. The zero-order valence-corrected chi connectivity index (χ0v) is 10.9. The molecule has 0 bridgehead atoms. The number of rotatable bonds is 4. The highest BCUT2D eigenvalue weighted by Crippen LogP contribution is 2.26. The summed E-state index contributed by atoms with van der Waals surface area (Å²) in [5.74, 6) is -0.380. The van der Waals surface area contributed by atoms with Crippen molar-refractivity contribution in [1.82, 2.24) is 10.3 Å². The standard InChI is InChI=1S/C13H14ClFN2O/c1-7(18)12(16-2)3-8-6-17-13-5-11(15)10(14)4-9(8)13/h4-6,12,16-17H,3H2,1-2H3. The number of aromatic amines is 1. The number of fused-ring (bicyclic) bond motifs is 1. The topological polar surface area (TPSA) is 44.9 Å². The second-order valence-electron chi connectivity index (χ2n) is 4.28. The zero-order chi connectivity index (χ0) is 13.3. The van der Waals surface area contributed by atoms with Crippen molar-refractivity contribution in [3.63, 3.8) is 0 Å². The van der Waals surface area contributed by atoms with Crippen LogP contribution in [0.1, 0.15) is 12.5 Å². The van der Waals surface area contributed by atoms with Crippen molar-refractivity contribution < 1.29 is 9.18 Å². The fourth-order valence-electron chi connectivity index (χ4n) is 2.01. The van der Waals surface area contributed by atoms with Gasteiger partial charge in [-0.1, -0.05) is 11.6 Å². The number of halogens is 2. The van der Waals surface area contributed by atoms with Gasteiger partial charge in [0.1, 0.15) is 11.6 Å². The summed E-state index contributed by atoms with van der Waals surface area (Å²) in [7, 11) is 1.74. The number of aromatic nitrogens is 1. The molecule has 0 fully saturated rings. The molecule has 2 aromatic rings. The molecule has 0 aliphatic rings. The molecular formula is C13H14ClFN2O. The highest BCUT2D eigenvalue weighted by molar-refractivity contribution is 6.31. The lowest BCUT2D eigenvalue weighted by Gasteiger charge is -2.11. The number of ketones is 1. The molecule has 2 rings (SSSR count). The van der Waals surface area contributed by atoms with Crippen molar-refractivity contribution in [2.45, 2.75) is 19.4 Å². The zero-order valence-electron chi connectivity index (χ0n) is 10.2. The van der Waals surface area contributed by atoms with E-state index in [0.29, 0.717) is 11.9 Å². The molecule has 3 nitrogen and oxygen atoms in total. The SMILES string of the molecule is CNC(Cc1c[nH]c2cc(F)c(Cl)cc12)C(C)=O. The lowest BCUT2D eigenvalue weighted by atomic mass is 10.0. The lowest BCUT2D eigenvalue weighted by Crippen LogP contribution is -2.34. The third kappa shape index (κ3) is 2.40. The molecule has 96 valence electrons. The Hall–Kier alpha value is -1.39. The predicted molar refractivity (Wildman–Crippen MR) is 70.5 cm³/mol. The minimum atomic E-state index is -0.450. The van der Waals surface area contributed by atoms with Crippen molar-refractivity contribution in [3.05, 3.63) is 34.7 Å². The first-order valence-corrected chi connectivity index (χ1v) is 6.03. The van der Waals surface area contributed by atoms with Crippen LogP contribution in [0, 0.1) is 5.82 Å². The van der Waals surface area contributed by atoms with Crippen molar-refractivity contribution in [2.75, 3.05) is 7.05 Å². The molecule has 5 heteroatoms. The maximum absolute atomic E-state index is 13.3. The van der Waals surface area contributed by atoms with Crippen molar-refractivity contribution in [1.29, 1.82) is 0 Å². The molecule has 0 saturated heterocycles. The molecule has 1 heterocycles. The van der Waals surface area contributed by atoms with Crippen molar-refractivity contribution >= 4 is 28.3 Å². The van der Waals surface area contributed by atoms with Gasteiger partial charge in [0, 0.05) is 17.1 Å². The average molecular weight is 269 g/mol. The van der Waals surface area contributed by atoms with E-state index in [1.807, 2.05) is 0 Å². The molecule has 0 aliphatic heterocycles. The Bertz CT molecular complexity index is 594. The third-order valence-corrected chi connectivity index (χ3v) is 3.36. The first-order valence-electron chi connectivity index (χ1n) is 5.65. The smallest absolute Gasteiger partial charge is 0.147 e. The van der Waals surface area contributed by atoms with Gasteiger partial charge < -0.3 is 10.3 Å². The van der Waals surface area contributed by atoms with Crippen LogP contribution in [0.3, 0.4) is 0 Å². The van der Waals surface area contributed by atoms with E-state index in [1.165, 1.54) is 6.07 Å². The summed E-state index contributed by atoms with van der Waals surface area (Å²) in [6.45, 7) is 1.54. The van der Waals surface area contributed by atoms with E-state index < -0.39 is 5.82 Å². The first-order chi connectivity index (χ1) is 8.52. The largest absolute Gasteiger partial charge is 0.361 e. The van der Waals surface area contributed by atoms with E-state index in [2.05, 4.69) is 10.3 Å². The average Bonchev–Trinajstić information content (AvgIpc) is 2.69. The number of H-pyrrole nitrogens is 1. The number of hydrogen-bond donors (Lipinski definition) is 2. The monoisotopic (exact) mass is 268 g/mol. The Morgan fingerprint density at radius 3 is 2.89 bits per heavy atom. The second-order valence-corrected chi connectivity index (χ2v) is 4.69. The summed E-state index contributed by atoms with van der Waals surface area (Å²) in [5.41, 5.74) is 1.63. The minimum Gasteiger partial charge on any atom is -0.361 e. The number of nitrogens with one attached hydrogen (secondary N) is 2. The van der Waals surface area contributed by atoms with Crippen molar-refractivity contribution in [2.24, 2.45) is 0 Å². The number of carbonyl (C=O) groups is 1. The maximum atomic E-state index is 13.3. The van der Waals surface area contributed by atoms with E-state index in [1.54, 1.807) is 26.2 Å². The Kier molecular flexibility index (Phi) is 3.68. The van der Waals surface area contributed by atoms with Crippen LogP contribution in [0.5, 0.6) is 0 Å². The van der Waals surface area contributed by atoms with Crippen LogP contribution >= 0.6 is 11.6 Å². The van der Waals surface area contributed by atoms with Crippen LogP contribution in [0.15, 0.2) is 18.3 Å². The molecule has 1 unspecified atom stereocenters. The summed E-state index contributed by atoms with van der Waals surface area (Å²) in [6, 6.07) is 2.71. The molecule has 2 N–H and O–H groups in total. The summed E-state index contributed by atoms with van der Waals surface area (Å²) in [6.07, 6.45) is 2.33. The molecule has 0 radical (unpaired) electrons. The van der Waals surface area contributed by atoms with E-state index >= 15 is 0 Å². The minimum absolute atomic E-state index is 0.0695. The number of likely N-dealkylation sites (N-methyl/N-ethyl adjacent to an activating group) is 1. The van der Waals surface area contributed by atoms with E-state index in [0.717, 1.165) is 10.9 Å². The Morgan fingerprint density at radius 1 is 1.56 bits per heavy atom. The van der Waals surface area contributed by atoms with Gasteiger partial charge in [-0.15, -0.1) is 0 Å². The van der Waals surface area contributed by atoms with Gasteiger partial charge in [0.05, 0.1) is 11.1 Å². The van der Waals surface area contributed by atoms with Gasteiger partial charge in [0.2, 0.25) is 0 Å². The molecular weight excluding hydrogens is 255 g/mol. The Labute approximate surface area is 109 Å². The maximum Gasteiger partial charge on any atom is 0.147 e. The third-order valence-electron chi connectivity index (χ3n) is 3.07. The highest BCUT2D eigenvalue weighted by Gasteiger charge is 2.15. The van der Waals surface area contributed by atoms with E-state index in [9.17, 15) is 9.18 Å². The fourth-order valence-corrected chi connectivity index (χ4v) is 2.18. The van der Waals surface area contributed by atoms with Gasteiger partial charge in [-0.2, -0.15) is 0 Å². The highest BCUT2D eigenvalue weighted by atomic mass is 35.5. The summed E-state index contributed by atoms with van der Waals surface area (Å²) in [5, 5.41) is 3.90.